The molecule has 38 heavy (non-hydrogen) atoms. The topological polar surface area (TPSA) is 87.7 Å². The fraction of sp³-hybridized carbons (Fsp3) is 0.345. The van der Waals surface area contributed by atoms with E-state index in [1.54, 1.807) is 43.3 Å². The van der Waals surface area contributed by atoms with Gasteiger partial charge in [-0.3, -0.25) is 18.9 Å². The number of hydrogen-bond donors (Lipinski definition) is 0. The molecule has 7 nitrogen and oxygen atoms in total. The molecule has 0 N–H and O–H groups in total. The predicted octanol–water partition coefficient (Wildman–Crippen LogP) is 4.66. The summed E-state index contributed by atoms with van der Waals surface area (Å²) >= 11 is 0. The van der Waals surface area contributed by atoms with Crippen molar-refractivity contribution >= 4 is 21.8 Å². The first-order chi connectivity index (χ1) is 18.3. The van der Waals surface area contributed by atoms with Crippen LogP contribution in [0.3, 0.4) is 0 Å². The van der Waals surface area contributed by atoms with Crippen LogP contribution in [0, 0.1) is 6.92 Å². The quantitative estimate of drug-likeness (QED) is 0.294. The number of halogens is 1. The van der Waals surface area contributed by atoms with E-state index < -0.39 is 27.9 Å². The predicted molar refractivity (Wildman–Crippen MR) is 141 cm³/mol. The molecule has 2 aliphatic rings. The molecule has 0 spiro atoms. The van der Waals surface area contributed by atoms with E-state index in [4.69, 9.17) is 0 Å². The Labute approximate surface area is 222 Å². The van der Waals surface area contributed by atoms with Crippen molar-refractivity contribution in [3.05, 3.63) is 94.3 Å². The molecule has 0 fully saturated rings. The van der Waals surface area contributed by atoms with Gasteiger partial charge in [0.1, 0.15) is 5.69 Å². The average molecular weight is 536 g/mol. The lowest BCUT2D eigenvalue weighted by Gasteiger charge is -2.37. The fourth-order valence-electron chi connectivity index (χ4n) is 5.32. The van der Waals surface area contributed by atoms with E-state index in [1.807, 2.05) is 24.3 Å². The molecule has 198 valence electrons. The van der Waals surface area contributed by atoms with E-state index in [1.165, 1.54) is 9.21 Å². The molecule has 3 heterocycles. The maximum Gasteiger partial charge on any atom is 0.280 e. The number of nitrogens with zero attached hydrogens (tertiary/aromatic N) is 3. The van der Waals surface area contributed by atoms with Crippen LogP contribution in [-0.2, 0) is 22.9 Å². The van der Waals surface area contributed by atoms with Crippen LogP contribution in [0.25, 0.3) is 0 Å². The highest BCUT2D eigenvalue weighted by Gasteiger charge is 2.40. The monoisotopic (exact) mass is 535 g/mol. The van der Waals surface area contributed by atoms with Crippen molar-refractivity contribution in [1.82, 2.24) is 14.2 Å². The van der Waals surface area contributed by atoms with Gasteiger partial charge in [0.05, 0.1) is 23.2 Å². The number of carbonyl (C=O) groups is 2. The number of amides is 2. The standard InChI is InChI=1S/C29H30FN3O4S/c1-20-9-14-25-27(31-20)29(35)32(28(25)34)18-16-26-24-8-3-2-7-22(24)15-19-33(26)38(36,37)23-12-10-21(11-13-23)6-4-5-17-30/h2-3,7-14,26H,4-6,15-19H2,1H3. The Hall–Kier alpha value is -3.43. The Balaban J connectivity index is 1.40. The molecular weight excluding hydrogens is 505 g/mol. The zero-order valence-corrected chi connectivity index (χ0v) is 22.1. The molecule has 0 radical (unpaired) electrons. The Morgan fingerprint density at radius 3 is 2.50 bits per heavy atom. The Morgan fingerprint density at radius 2 is 1.74 bits per heavy atom. The third-order valence-corrected chi connectivity index (χ3v) is 9.25. The molecule has 2 amide bonds. The maximum atomic E-state index is 13.8. The second-order valence-electron chi connectivity index (χ2n) is 9.77. The number of aryl methyl sites for hydroxylation is 2. The van der Waals surface area contributed by atoms with Crippen LogP contribution in [0.5, 0.6) is 0 Å². The number of benzene rings is 2. The van der Waals surface area contributed by atoms with Crippen molar-refractivity contribution in [2.75, 3.05) is 19.8 Å². The molecule has 0 saturated heterocycles. The molecular formula is C29H30FN3O4S. The molecule has 0 bridgehead atoms. The SMILES string of the molecule is Cc1ccc2c(n1)C(=O)N(CCC1c3ccccc3CCN1S(=O)(=O)c1ccc(CCCCF)cc1)C2=O. The Morgan fingerprint density at radius 1 is 0.974 bits per heavy atom. The molecule has 2 aliphatic heterocycles. The van der Waals surface area contributed by atoms with Crippen molar-refractivity contribution in [3.63, 3.8) is 0 Å². The van der Waals surface area contributed by atoms with Gasteiger partial charge >= 0.3 is 0 Å². The number of carbonyl (C=O) groups excluding carboxylic acids is 2. The summed E-state index contributed by atoms with van der Waals surface area (Å²) < 4.78 is 41.6. The molecule has 9 heteroatoms. The van der Waals surface area contributed by atoms with Gasteiger partial charge in [-0.1, -0.05) is 36.4 Å². The van der Waals surface area contributed by atoms with Gasteiger partial charge in [0.2, 0.25) is 10.0 Å². The summed E-state index contributed by atoms with van der Waals surface area (Å²) in [4.78, 5) is 31.6. The van der Waals surface area contributed by atoms with Gasteiger partial charge in [-0.15, -0.1) is 0 Å². The van der Waals surface area contributed by atoms with Crippen molar-refractivity contribution in [3.8, 4) is 0 Å². The molecule has 1 atom stereocenters. The molecule has 5 rings (SSSR count). The van der Waals surface area contributed by atoms with Gasteiger partial charge in [-0.05, 0) is 80.0 Å². The van der Waals surface area contributed by atoms with Crippen LogP contribution in [0.2, 0.25) is 0 Å². The normalized spacial score (nSPS) is 17.5. The first kappa shape index (κ1) is 26.2. The van der Waals surface area contributed by atoms with Crippen LogP contribution >= 0.6 is 0 Å². The molecule has 2 aromatic carbocycles. The second-order valence-corrected chi connectivity index (χ2v) is 11.7. The van der Waals surface area contributed by atoms with Crippen LogP contribution in [0.1, 0.15) is 68.5 Å². The second kappa shape index (κ2) is 10.7. The van der Waals surface area contributed by atoms with Crippen LogP contribution in [0.15, 0.2) is 65.6 Å². The lowest BCUT2D eigenvalue weighted by Crippen LogP contribution is -2.42. The van der Waals surface area contributed by atoms with E-state index in [-0.39, 0.29) is 35.8 Å². The summed E-state index contributed by atoms with van der Waals surface area (Å²) in [5, 5.41) is 0. The highest BCUT2D eigenvalue weighted by atomic mass is 32.2. The van der Waals surface area contributed by atoms with Crippen LogP contribution in [-0.4, -0.2) is 54.2 Å². The summed E-state index contributed by atoms with van der Waals surface area (Å²) in [7, 11) is -3.86. The van der Waals surface area contributed by atoms with Crippen molar-refractivity contribution in [2.24, 2.45) is 0 Å². The Kier molecular flexibility index (Phi) is 7.40. The minimum absolute atomic E-state index is 0.0750. The summed E-state index contributed by atoms with van der Waals surface area (Å²) in [5.74, 6) is -0.852. The number of imide groups is 1. The highest BCUT2D eigenvalue weighted by molar-refractivity contribution is 7.89. The zero-order chi connectivity index (χ0) is 26.9. The largest absolute Gasteiger partial charge is 0.280 e. The van der Waals surface area contributed by atoms with Gasteiger partial charge in [-0.25, -0.2) is 13.4 Å². The molecule has 0 saturated carbocycles. The third kappa shape index (κ3) is 4.88. The number of pyridine rings is 1. The lowest BCUT2D eigenvalue weighted by molar-refractivity contribution is 0.0640. The van der Waals surface area contributed by atoms with Gasteiger partial charge in [0.15, 0.2) is 0 Å². The van der Waals surface area contributed by atoms with E-state index >= 15 is 0 Å². The number of rotatable bonds is 9. The number of hydrogen-bond acceptors (Lipinski definition) is 5. The fourth-order valence-corrected chi connectivity index (χ4v) is 6.95. The summed E-state index contributed by atoms with van der Waals surface area (Å²) in [5.41, 5.74) is 3.99. The van der Waals surface area contributed by atoms with Crippen molar-refractivity contribution in [2.45, 2.75) is 50.0 Å². The van der Waals surface area contributed by atoms with E-state index in [2.05, 4.69) is 4.98 Å². The van der Waals surface area contributed by atoms with E-state index in [0.717, 1.165) is 16.7 Å². The third-order valence-electron chi connectivity index (χ3n) is 7.33. The molecule has 0 aliphatic carbocycles. The van der Waals surface area contributed by atoms with E-state index in [9.17, 15) is 22.4 Å². The number of alkyl halides is 1. The first-order valence-electron chi connectivity index (χ1n) is 12.9. The first-order valence-corrected chi connectivity index (χ1v) is 14.3. The van der Waals surface area contributed by atoms with E-state index in [0.29, 0.717) is 37.9 Å². The smallest absolute Gasteiger partial charge is 0.273 e. The number of aromatic nitrogens is 1. The van der Waals surface area contributed by atoms with Crippen molar-refractivity contribution < 1.29 is 22.4 Å². The van der Waals surface area contributed by atoms with Crippen LogP contribution in [0.4, 0.5) is 4.39 Å². The summed E-state index contributed by atoms with van der Waals surface area (Å²) in [6.07, 6.45) is 2.72. The number of fused-ring (bicyclic) bond motifs is 2. The average Bonchev–Trinajstić information content (AvgIpc) is 3.15. The summed E-state index contributed by atoms with van der Waals surface area (Å²) in [6, 6.07) is 17.3. The minimum Gasteiger partial charge on any atom is -0.273 e. The Bertz CT molecular complexity index is 1470. The minimum atomic E-state index is -3.86. The number of sulfonamides is 1. The maximum absolute atomic E-state index is 13.8. The zero-order valence-electron chi connectivity index (χ0n) is 21.3. The van der Waals surface area contributed by atoms with Gasteiger partial charge in [-0.2, -0.15) is 4.31 Å². The van der Waals surface area contributed by atoms with Gasteiger partial charge < -0.3 is 0 Å². The highest BCUT2D eigenvalue weighted by Crippen LogP contribution is 2.37. The number of unbranched alkanes of at least 4 members (excludes halogenated alkanes) is 1. The lowest BCUT2D eigenvalue weighted by atomic mass is 9.92. The summed E-state index contributed by atoms with van der Waals surface area (Å²) in [6.45, 7) is 1.77. The molecule has 3 aromatic rings. The van der Waals surface area contributed by atoms with Gasteiger partial charge in [0, 0.05) is 18.8 Å². The molecule has 1 aromatic heterocycles. The molecule has 1 unspecified atom stereocenters. The van der Waals surface area contributed by atoms with Crippen LogP contribution < -0.4 is 0 Å². The van der Waals surface area contributed by atoms with Crippen molar-refractivity contribution in [1.29, 1.82) is 0 Å². The van der Waals surface area contributed by atoms with Gasteiger partial charge in [0.25, 0.3) is 11.8 Å².